The Balaban J connectivity index is 1.46. The predicted octanol–water partition coefficient (Wildman–Crippen LogP) is 1.16. The van der Waals surface area contributed by atoms with Gasteiger partial charge in [0.1, 0.15) is 0 Å². The summed E-state index contributed by atoms with van der Waals surface area (Å²) in [7, 11) is 3.73. The van der Waals surface area contributed by atoms with Crippen molar-refractivity contribution >= 4 is 5.91 Å². The highest BCUT2D eigenvalue weighted by Crippen LogP contribution is 2.17. The van der Waals surface area contributed by atoms with Gasteiger partial charge in [-0.2, -0.15) is 10.2 Å². The molecule has 0 radical (unpaired) electrons. The van der Waals surface area contributed by atoms with Gasteiger partial charge in [-0.15, -0.1) is 0 Å². The molecule has 3 rings (SSSR count). The molecule has 0 atom stereocenters. The summed E-state index contributed by atoms with van der Waals surface area (Å²) in [5.74, 6) is 0.0635. The second-order valence-electron chi connectivity index (χ2n) is 6.67. The lowest BCUT2D eigenvalue weighted by Gasteiger charge is -2.36. The van der Waals surface area contributed by atoms with Crippen molar-refractivity contribution in [3.8, 4) is 0 Å². The maximum atomic E-state index is 12.5. The molecule has 0 spiro atoms. The van der Waals surface area contributed by atoms with Gasteiger partial charge in [-0.3, -0.25) is 14.2 Å². The monoisotopic (exact) mass is 330 g/mol. The zero-order valence-corrected chi connectivity index (χ0v) is 14.7. The summed E-state index contributed by atoms with van der Waals surface area (Å²) >= 11 is 0. The first-order chi connectivity index (χ1) is 11.5. The van der Waals surface area contributed by atoms with Crippen molar-refractivity contribution in [2.24, 2.45) is 7.05 Å². The molecule has 3 heterocycles. The number of likely N-dealkylation sites (tertiary alicyclic amines) is 1. The minimum atomic E-state index is 0.0635. The molecule has 0 N–H and O–H groups in total. The third-order valence-corrected chi connectivity index (χ3v) is 4.78. The average molecular weight is 330 g/mol. The molecule has 1 fully saturated rings. The quantitative estimate of drug-likeness (QED) is 0.825. The number of aromatic nitrogens is 4. The van der Waals surface area contributed by atoms with Gasteiger partial charge >= 0.3 is 0 Å². The van der Waals surface area contributed by atoms with E-state index in [0.29, 0.717) is 11.6 Å². The van der Waals surface area contributed by atoms with Crippen molar-refractivity contribution in [3.05, 3.63) is 35.9 Å². The molecule has 0 bridgehead atoms. The van der Waals surface area contributed by atoms with Crippen LogP contribution in [0.15, 0.2) is 24.8 Å². The van der Waals surface area contributed by atoms with Crippen molar-refractivity contribution < 1.29 is 4.79 Å². The zero-order valence-electron chi connectivity index (χ0n) is 14.7. The topological polar surface area (TPSA) is 59.2 Å². The van der Waals surface area contributed by atoms with Crippen molar-refractivity contribution in [3.63, 3.8) is 0 Å². The van der Waals surface area contributed by atoms with Gasteiger partial charge in [-0.1, -0.05) is 0 Å². The molecule has 2 aromatic heterocycles. The molecular weight excluding hydrogens is 304 g/mol. The number of carbonyl (C=O) groups is 1. The second-order valence-corrected chi connectivity index (χ2v) is 6.67. The number of rotatable bonds is 5. The lowest BCUT2D eigenvalue weighted by atomic mass is 10.0. The van der Waals surface area contributed by atoms with Crippen molar-refractivity contribution in [2.45, 2.75) is 32.4 Å². The molecule has 7 heteroatoms. The Bertz CT molecular complexity index is 683. The van der Waals surface area contributed by atoms with E-state index in [9.17, 15) is 4.79 Å². The van der Waals surface area contributed by atoms with E-state index in [2.05, 4.69) is 28.2 Å². The summed E-state index contributed by atoms with van der Waals surface area (Å²) in [6, 6.07) is 0.306. The molecule has 24 heavy (non-hydrogen) atoms. The van der Waals surface area contributed by atoms with Gasteiger partial charge in [0, 0.05) is 52.2 Å². The SMILES string of the molecule is Cc1cnn(CCN2CCC(N(C)C(=O)c3cnn(C)c3)CC2)c1. The summed E-state index contributed by atoms with van der Waals surface area (Å²) in [5.41, 5.74) is 1.86. The molecule has 2 aromatic rings. The molecule has 1 aliphatic rings. The van der Waals surface area contributed by atoms with E-state index in [1.165, 1.54) is 5.56 Å². The molecule has 0 saturated carbocycles. The Hall–Kier alpha value is -2.15. The highest BCUT2D eigenvalue weighted by molar-refractivity contribution is 5.93. The van der Waals surface area contributed by atoms with Crippen LogP contribution in [-0.2, 0) is 13.6 Å². The summed E-state index contributed by atoms with van der Waals surface area (Å²) < 4.78 is 3.67. The fourth-order valence-electron chi connectivity index (χ4n) is 3.26. The molecule has 1 aliphatic heterocycles. The third-order valence-electron chi connectivity index (χ3n) is 4.78. The largest absolute Gasteiger partial charge is 0.339 e. The van der Waals surface area contributed by atoms with Gasteiger partial charge in [0.2, 0.25) is 0 Å². The van der Waals surface area contributed by atoms with Gasteiger partial charge in [-0.25, -0.2) is 0 Å². The molecular formula is C17H26N6O. The summed E-state index contributed by atoms with van der Waals surface area (Å²) in [5, 5.41) is 8.42. The molecule has 1 amide bonds. The van der Waals surface area contributed by atoms with E-state index in [0.717, 1.165) is 39.0 Å². The van der Waals surface area contributed by atoms with E-state index in [1.807, 2.05) is 29.9 Å². The van der Waals surface area contributed by atoms with Crippen LogP contribution in [-0.4, -0.2) is 68.0 Å². The highest BCUT2D eigenvalue weighted by Gasteiger charge is 2.26. The smallest absolute Gasteiger partial charge is 0.257 e. The van der Waals surface area contributed by atoms with Crippen molar-refractivity contribution in [2.75, 3.05) is 26.7 Å². The Morgan fingerprint density at radius 2 is 1.96 bits per heavy atom. The van der Waals surface area contributed by atoms with Gasteiger partial charge in [0.15, 0.2) is 0 Å². The lowest BCUT2D eigenvalue weighted by Crippen LogP contribution is -2.46. The molecule has 1 saturated heterocycles. The Kier molecular flexibility index (Phi) is 4.99. The summed E-state index contributed by atoms with van der Waals surface area (Å²) in [6.07, 6.45) is 9.42. The van der Waals surface area contributed by atoms with Gasteiger partial charge in [0.05, 0.1) is 24.5 Å². The van der Waals surface area contributed by atoms with E-state index < -0.39 is 0 Å². The highest BCUT2D eigenvalue weighted by atomic mass is 16.2. The molecule has 130 valence electrons. The van der Waals surface area contributed by atoms with Crippen molar-refractivity contribution in [1.82, 2.24) is 29.4 Å². The Labute approximate surface area is 142 Å². The van der Waals surface area contributed by atoms with Crippen LogP contribution < -0.4 is 0 Å². The van der Waals surface area contributed by atoms with E-state index in [-0.39, 0.29) is 5.91 Å². The first-order valence-corrected chi connectivity index (χ1v) is 8.50. The second kappa shape index (κ2) is 7.17. The number of hydrogen-bond donors (Lipinski definition) is 0. The van der Waals surface area contributed by atoms with Crippen molar-refractivity contribution in [1.29, 1.82) is 0 Å². The minimum Gasteiger partial charge on any atom is -0.339 e. The van der Waals surface area contributed by atoms with Crippen LogP contribution in [0.1, 0.15) is 28.8 Å². The third kappa shape index (κ3) is 3.84. The fraction of sp³-hybridized carbons (Fsp3) is 0.588. The van der Waals surface area contributed by atoms with Gasteiger partial charge in [-0.05, 0) is 25.3 Å². The standard InChI is InChI=1S/C17H26N6O/c1-14-10-19-23(12-14)9-8-22-6-4-16(5-7-22)21(3)17(24)15-11-18-20(2)13-15/h10-13,16H,4-9H2,1-3H3. The summed E-state index contributed by atoms with van der Waals surface area (Å²) in [4.78, 5) is 16.8. The fourth-order valence-corrected chi connectivity index (χ4v) is 3.26. The molecule has 0 unspecified atom stereocenters. The number of carbonyl (C=O) groups excluding carboxylic acids is 1. The van der Waals surface area contributed by atoms with E-state index in [4.69, 9.17) is 0 Å². The Morgan fingerprint density at radius 1 is 1.21 bits per heavy atom. The van der Waals surface area contributed by atoms with Crippen LogP contribution in [0.3, 0.4) is 0 Å². The number of hydrogen-bond acceptors (Lipinski definition) is 4. The van der Waals surface area contributed by atoms with Crippen LogP contribution in [0.25, 0.3) is 0 Å². The van der Waals surface area contributed by atoms with Crippen LogP contribution in [0.2, 0.25) is 0 Å². The predicted molar refractivity (Wildman–Crippen MR) is 91.7 cm³/mol. The van der Waals surface area contributed by atoms with Gasteiger partial charge < -0.3 is 9.80 Å². The van der Waals surface area contributed by atoms with Crippen LogP contribution in [0.4, 0.5) is 0 Å². The first kappa shape index (κ1) is 16.7. The first-order valence-electron chi connectivity index (χ1n) is 8.50. The maximum Gasteiger partial charge on any atom is 0.257 e. The Morgan fingerprint density at radius 3 is 2.54 bits per heavy atom. The maximum absolute atomic E-state index is 12.5. The molecule has 7 nitrogen and oxygen atoms in total. The summed E-state index contributed by atoms with van der Waals surface area (Å²) in [6.45, 7) is 6.03. The van der Waals surface area contributed by atoms with Crippen LogP contribution >= 0.6 is 0 Å². The van der Waals surface area contributed by atoms with E-state index in [1.54, 1.807) is 17.1 Å². The number of aryl methyl sites for hydroxylation is 2. The van der Waals surface area contributed by atoms with E-state index >= 15 is 0 Å². The van der Waals surface area contributed by atoms with Gasteiger partial charge in [0.25, 0.3) is 5.91 Å². The number of nitrogens with zero attached hydrogens (tertiary/aromatic N) is 6. The lowest BCUT2D eigenvalue weighted by molar-refractivity contribution is 0.0639. The van der Waals surface area contributed by atoms with Crippen LogP contribution in [0.5, 0.6) is 0 Å². The van der Waals surface area contributed by atoms with Crippen LogP contribution in [0, 0.1) is 6.92 Å². The number of piperidine rings is 1. The minimum absolute atomic E-state index is 0.0635. The number of amides is 1. The zero-order chi connectivity index (χ0) is 17.1. The molecule has 0 aliphatic carbocycles. The average Bonchev–Trinajstić information content (AvgIpc) is 3.20. The normalized spacial score (nSPS) is 16.5. The molecule has 0 aromatic carbocycles.